The number of thiophene rings is 1. The second kappa shape index (κ2) is 6.87. The van der Waals surface area contributed by atoms with Crippen molar-refractivity contribution in [3.05, 3.63) is 22.4 Å². The Morgan fingerprint density at radius 1 is 1.56 bits per heavy atom. The van der Waals surface area contributed by atoms with Crippen LogP contribution in [0.5, 0.6) is 0 Å². The molecule has 0 saturated carbocycles. The van der Waals surface area contributed by atoms with Gasteiger partial charge in [-0.15, -0.1) is 11.3 Å². The number of ether oxygens (including phenoxy) is 1. The summed E-state index contributed by atoms with van der Waals surface area (Å²) >= 11 is 1.71. The van der Waals surface area contributed by atoms with Gasteiger partial charge >= 0.3 is 0 Å². The zero-order valence-electron chi connectivity index (χ0n) is 10.6. The van der Waals surface area contributed by atoms with E-state index < -0.39 is 0 Å². The van der Waals surface area contributed by atoms with Crippen LogP contribution in [0.4, 0.5) is 0 Å². The van der Waals surface area contributed by atoms with E-state index in [0.717, 1.165) is 26.1 Å². The Morgan fingerprint density at radius 3 is 3.00 bits per heavy atom. The van der Waals surface area contributed by atoms with Crippen LogP contribution in [0.25, 0.3) is 0 Å². The second-order valence-corrected chi connectivity index (χ2v) is 5.55. The quantitative estimate of drug-likeness (QED) is 0.854. The van der Waals surface area contributed by atoms with Crippen molar-refractivity contribution in [1.29, 1.82) is 0 Å². The van der Waals surface area contributed by atoms with Crippen molar-refractivity contribution in [3.63, 3.8) is 0 Å². The molecule has 4 nitrogen and oxygen atoms in total. The molecule has 0 radical (unpaired) electrons. The molecule has 2 rings (SSSR count). The Bertz CT molecular complexity index is 361. The molecule has 1 aliphatic heterocycles. The summed E-state index contributed by atoms with van der Waals surface area (Å²) < 4.78 is 5.26. The van der Waals surface area contributed by atoms with Crippen LogP contribution in [0.1, 0.15) is 30.7 Å². The molecule has 1 aromatic rings. The molecule has 0 bridgehead atoms. The third-order valence-corrected chi connectivity index (χ3v) is 4.18. The van der Waals surface area contributed by atoms with Gasteiger partial charge in [-0.25, -0.2) is 0 Å². The van der Waals surface area contributed by atoms with Crippen LogP contribution in [0.3, 0.4) is 0 Å². The van der Waals surface area contributed by atoms with E-state index in [1.807, 2.05) is 6.07 Å². The van der Waals surface area contributed by atoms with Gasteiger partial charge in [0.2, 0.25) is 5.91 Å². The molecular formula is C13H20N2O2S. The van der Waals surface area contributed by atoms with Crippen molar-refractivity contribution in [2.75, 3.05) is 19.8 Å². The van der Waals surface area contributed by atoms with Gasteiger partial charge in [0.05, 0.1) is 6.54 Å². The minimum absolute atomic E-state index is 0.0744. The first-order valence-corrected chi connectivity index (χ1v) is 7.27. The van der Waals surface area contributed by atoms with E-state index in [9.17, 15) is 4.79 Å². The number of carbonyl (C=O) groups is 1. The molecule has 18 heavy (non-hydrogen) atoms. The normalized spacial score (nSPS) is 18.5. The van der Waals surface area contributed by atoms with Gasteiger partial charge in [-0.05, 0) is 31.2 Å². The van der Waals surface area contributed by atoms with Gasteiger partial charge in [0.25, 0.3) is 0 Å². The smallest absolute Gasteiger partial charge is 0.234 e. The molecule has 1 aliphatic rings. The minimum Gasteiger partial charge on any atom is -0.381 e. The van der Waals surface area contributed by atoms with Crippen LogP contribution >= 0.6 is 11.3 Å². The molecule has 0 aromatic carbocycles. The first-order valence-electron chi connectivity index (χ1n) is 6.39. The predicted octanol–water partition coefficient (Wildman–Crippen LogP) is 1.69. The topological polar surface area (TPSA) is 50.4 Å². The summed E-state index contributed by atoms with van der Waals surface area (Å²) in [6.45, 7) is 3.96. The maximum absolute atomic E-state index is 11.8. The van der Waals surface area contributed by atoms with Gasteiger partial charge < -0.3 is 15.4 Å². The SMILES string of the molecule is C[C@H](NCC(=O)NC1CCOCC1)c1cccs1. The standard InChI is InChI=1S/C13H20N2O2S/c1-10(12-3-2-8-18-12)14-9-13(16)15-11-4-6-17-7-5-11/h2-3,8,10-11,14H,4-7,9H2,1H3,(H,15,16)/t10-/m0/s1. The largest absolute Gasteiger partial charge is 0.381 e. The Labute approximate surface area is 112 Å². The van der Waals surface area contributed by atoms with Crippen LogP contribution in [-0.4, -0.2) is 31.7 Å². The number of nitrogens with one attached hydrogen (secondary N) is 2. The first kappa shape index (κ1) is 13.5. The van der Waals surface area contributed by atoms with Gasteiger partial charge in [-0.2, -0.15) is 0 Å². The summed E-state index contributed by atoms with van der Waals surface area (Å²) in [5.74, 6) is 0.0744. The molecule has 0 unspecified atom stereocenters. The van der Waals surface area contributed by atoms with Crippen LogP contribution in [0, 0.1) is 0 Å². The van der Waals surface area contributed by atoms with E-state index >= 15 is 0 Å². The summed E-state index contributed by atoms with van der Waals surface area (Å²) in [6, 6.07) is 4.62. The molecule has 1 atom stereocenters. The van der Waals surface area contributed by atoms with Crippen LogP contribution in [0.15, 0.2) is 17.5 Å². The second-order valence-electron chi connectivity index (χ2n) is 4.57. The number of hydrogen-bond acceptors (Lipinski definition) is 4. The van der Waals surface area contributed by atoms with Crippen molar-refractivity contribution < 1.29 is 9.53 Å². The van der Waals surface area contributed by atoms with E-state index in [-0.39, 0.29) is 18.0 Å². The Morgan fingerprint density at radius 2 is 2.33 bits per heavy atom. The summed E-state index contributed by atoms with van der Waals surface area (Å²) in [4.78, 5) is 13.0. The number of amides is 1. The fourth-order valence-corrected chi connectivity index (χ4v) is 2.76. The molecule has 1 fully saturated rings. The molecule has 1 aromatic heterocycles. The van der Waals surface area contributed by atoms with Crippen LogP contribution < -0.4 is 10.6 Å². The monoisotopic (exact) mass is 268 g/mol. The Kier molecular flexibility index (Phi) is 5.16. The third-order valence-electron chi connectivity index (χ3n) is 3.13. The molecule has 2 heterocycles. The number of hydrogen-bond donors (Lipinski definition) is 2. The van der Waals surface area contributed by atoms with Crippen molar-refractivity contribution in [2.24, 2.45) is 0 Å². The van der Waals surface area contributed by atoms with Crippen LogP contribution in [-0.2, 0) is 9.53 Å². The fourth-order valence-electron chi connectivity index (χ4n) is 2.00. The predicted molar refractivity (Wildman–Crippen MR) is 72.7 cm³/mol. The molecule has 2 N–H and O–H groups in total. The van der Waals surface area contributed by atoms with Gasteiger partial charge in [0.1, 0.15) is 0 Å². The fraction of sp³-hybridized carbons (Fsp3) is 0.615. The lowest BCUT2D eigenvalue weighted by Gasteiger charge is -2.23. The van der Waals surface area contributed by atoms with Crippen molar-refractivity contribution in [1.82, 2.24) is 10.6 Å². The highest BCUT2D eigenvalue weighted by atomic mass is 32.1. The zero-order valence-corrected chi connectivity index (χ0v) is 11.5. The molecular weight excluding hydrogens is 248 g/mol. The van der Waals surface area contributed by atoms with E-state index in [4.69, 9.17) is 4.74 Å². The molecule has 0 aliphatic carbocycles. The maximum atomic E-state index is 11.8. The Hall–Kier alpha value is -0.910. The minimum atomic E-state index is 0.0744. The number of carbonyl (C=O) groups excluding carboxylic acids is 1. The highest BCUT2D eigenvalue weighted by Crippen LogP contribution is 2.17. The van der Waals surface area contributed by atoms with E-state index in [1.165, 1.54) is 4.88 Å². The third kappa shape index (κ3) is 4.08. The zero-order chi connectivity index (χ0) is 12.8. The van der Waals surface area contributed by atoms with Gasteiger partial charge in [0, 0.05) is 30.2 Å². The highest BCUT2D eigenvalue weighted by molar-refractivity contribution is 7.10. The Balaban J connectivity index is 1.68. The van der Waals surface area contributed by atoms with E-state index in [0.29, 0.717) is 6.54 Å². The molecule has 0 spiro atoms. The summed E-state index contributed by atoms with van der Waals surface area (Å²) in [5, 5.41) is 8.33. The number of rotatable bonds is 5. The molecule has 1 amide bonds. The average Bonchev–Trinajstić information content (AvgIpc) is 2.91. The summed E-state index contributed by atoms with van der Waals surface area (Å²) in [5.41, 5.74) is 0. The van der Waals surface area contributed by atoms with Crippen molar-refractivity contribution >= 4 is 17.2 Å². The first-order chi connectivity index (χ1) is 8.75. The summed E-state index contributed by atoms with van der Waals surface area (Å²) in [6.07, 6.45) is 1.85. The molecule has 100 valence electrons. The maximum Gasteiger partial charge on any atom is 0.234 e. The molecule has 5 heteroatoms. The van der Waals surface area contributed by atoms with Crippen LogP contribution in [0.2, 0.25) is 0 Å². The van der Waals surface area contributed by atoms with Gasteiger partial charge in [-0.1, -0.05) is 6.07 Å². The summed E-state index contributed by atoms with van der Waals surface area (Å²) in [7, 11) is 0. The van der Waals surface area contributed by atoms with Gasteiger partial charge in [0.15, 0.2) is 0 Å². The average molecular weight is 268 g/mol. The lowest BCUT2D eigenvalue weighted by molar-refractivity contribution is -0.121. The lowest BCUT2D eigenvalue weighted by atomic mass is 10.1. The lowest BCUT2D eigenvalue weighted by Crippen LogP contribution is -2.43. The van der Waals surface area contributed by atoms with Crippen molar-refractivity contribution in [3.8, 4) is 0 Å². The van der Waals surface area contributed by atoms with Gasteiger partial charge in [-0.3, -0.25) is 4.79 Å². The highest BCUT2D eigenvalue weighted by Gasteiger charge is 2.16. The van der Waals surface area contributed by atoms with Crippen molar-refractivity contribution in [2.45, 2.75) is 31.8 Å². The molecule has 1 saturated heterocycles. The van der Waals surface area contributed by atoms with E-state index in [2.05, 4.69) is 29.0 Å². The van der Waals surface area contributed by atoms with E-state index in [1.54, 1.807) is 11.3 Å².